The number of hydrogen-bond donors (Lipinski definition) is 1. The first-order valence-corrected chi connectivity index (χ1v) is 8.42. The first-order chi connectivity index (χ1) is 12.5. The third kappa shape index (κ3) is 2.67. The lowest BCUT2D eigenvalue weighted by Gasteiger charge is -1.99. The number of amides is 1. The molecule has 0 fully saturated rings. The smallest absolute Gasteiger partial charge is 0.307 e. The van der Waals surface area contributed by atoms with Crippen molar-refractivity contribution in [1.29, 1.82) is 0 Å². The highest BCUT2D eigenvalue weighted by atomic mass is 16.3. The predicted molar refractivity (Wildman–Crippen MR) is 104 cm³/mol. The van der Waals surface area contributed by atoms with Gasteiger partial charge in [-0.2, -0.15) is 5.10 Å². The first kappa shape index (κ1) is 16.1. The summed E-state index contributed by atoms with van der Waals surface area (Å²) in [5.41, 5.74) is 6.43. The minimum Gasteiger partial charge on any atom is -0.451 e. The standard InChI is InChI=1S/C21H19N3O2/c1-13-10-16(14(2)24(13)3)12-22-23-21(25)20-11-18-17-7-5-4-6-15(17)8-9-19(18)26-20/h4-12H,1-3H3,(H,23,25)/b22-12-. The Hall–Kier alpha value is -3.34. The second kappa shape index (κ2) is 6.19. The van der Waals surface area contributed by atoms with Crippen molar-refractivity contribution in [2.24, 2.45) is 12.1 Å². The number of rotatable bonds is 3. The summed E-state index contributed by atoms with van der Waals surface area (Å²) in [4.78, 5) is 12.4. The van der Waals surface area contributed by atoms with Crippen LogP contribution in [-0.4, -0.2) is 16.7 Å². The largest absolute Gasteiger partial charge is 0.451 e. The second-order valence-corrected chi connectivity index (χ2v) is 6.39. The van der Waals surface area contributed by atoms with E-state index in [0.29, 0.717) is 5.58 Å². The lowest BCUT2D eigenvalue weighted by molar-refractivity contribution is 0.0929. The van der Waals surface area contributed by atoms with Gasteiger partial charge in [0.2, 0.25) is 0 Å². The van der Waals surface area contributed by atoms with E-state index in [1.165, 1.54) is 0 Å². The molecule has 5 nitrogen and oxygen atoms in total. The maximum atomic E-state index is 12.4. The van der Waals surface area contributed by atoms with Gasteiger partial charge in [0, 0.05) is 29.4 Å². The zero-order chi connectivity index (χ0) is 18.3. The zero-order valence-electron chi connectivity index (χ0n) is 14.9. The quantitative estimate of drug-likeness (QED) is 0.444. The molecule has 0 aliphatic heterocycles. The summed E-state index contributed by atoms with van der Waals surface area (Å²) in [6, 6.07) is 15.7. The van der Waals surface area contributed by atoms with Crippen LogP contribution in [0.3, 0.4) is 0 Å². The minimum absolute atomic E-state index is 0.245. The molecule has 0 aliphatic rings. The fourth-order valence-corrected chi connectivity index (χ4v) is 3.14. The number of hydrogen-bond acceptors (Lipinski definition) is 3. The molecule has 2 aromatic carbocycles. The van der Waals surface area contributed by atoms with E-state index in [1.54, 1.807) is 12.3 Å². The molecule has 130 valence electrons. The number of carbonyl (C=O) groups is 1. The van der Waals surface area contributed by atoms with Crippen molar-refractivity contribution in [2.75, 3.05) is 0 Å². The molecule has 1 amide bonds. The molecule has 0 saturated heterocycles. The van der Waals surface area contributed by atoms with E-state index < -0.39 is 0 Å². The Morgan fingerprint density at radius 2 is 1.92 bits per heavy atom. The van der Waals surface area contributed by atoms with E-state index in [4.69, 9.17) is 4.42 Å². The Labute approximate surface area is 150 Å². The Morgan fingerprint density at radius 1 is 1.12 bits per heavy atom. The summed E-state index contributed by atoms with van der Waals surface area (Å²) in [5, 5.41) is 7.16. The van der Waals surface area contributed by atoms with Gasteiger partial charge in [-0.3, -0.25) is 4.79 Å². The average molecular weight is 345 g/mol. The molecule has 1 N–H and O–H groups in total. The molecule has 0 bridgehead atoms. The molecule has 0 unspecified atom stereocenters. The molecular weight excluding hydrogens is 326 g/mol. The number of nitrogens with one attached hydrogen (secondary N) is 1. The number of furan rings is 1. The van der Waals surface area contributed by atoms with Gasteiger partial charge < -0.3 is 8.98 Å². The van der Waals surface area contributed by atoms with Crippen LogP contribution in [0.25, 0.3) is 21.7 Å². The lowest BCUT2D eigenvalue weighted by atomic mass is 10.1. The summed E-state index contributed by atoms with van der Waals surface area (Å²) >= 11 is 0. The highest BCUT2D eigenvalue weighted by molar-refractivity contribution is 6.08. The molecule has 0 spiro atoms. The average Bonchev–Trinajstić information content (AvgIpc) is 3.19. The highest BCUT2D eigenvalue weighted by Crippen LogP contribution is 2.28. The number of nitrogens with zero attached hydrogens (tertiary/aromatic N) is 2. The number of fused-ring (bicyclic) bond motifs is 3. The Balaban J connectivity index is 1.59. The molecule has 26 heavy (non-hydrogen) atoms. The normalized spacial score (nSPS) is 11.7. The van der Waals surface area contributed by atoms with Gasteiger partial charge >= 0.3 is 5.91 Å². The summed E-state index contributed by atoms with van der Waals surface area (Å²) < 4.78 is 7.77. The molecule has 0 atom stereocenters. The summed E-state index contributed by atoms with van der Waals surface area (Å²) in [6.07, 6.45) is 1.65. The summed E-state index contributed by atoms with van der Waals surface area (Å²) in [6.45, 7) is 4.04. The number of aromatic nitrogens is 1. The number of hydrazone groups is 1. The van der Waals surface area contributed by atoms with Crippen molar-refractivity contribution in [3.05, 3.63) is 71.2 Å². The molecule has 2 aromatic heterocycles. The van der Waals surface area contributed by atoms with Crippen LogP contribution in [0.1, 0.15) is 27.5 Å². The minimum atomic E-state index is -0.369. The first-order valence-electron chi connectivity index (χ1n) is 8.42. The van der Waals surface area contributed by atoms with Crippen LogP contribution in [0.5, 0.6) is 0 Å². The lowest BCUT2D eigenvalue weighted by Crippen LogP contribution is -2.16. The second-order valence-electron chi connectivity index (χ2n) is 6.39. The molecule has 4 aromatic rings. The Morgan fingerprint density at radius 3 is 2.69 bits per heavy atom. The Bertz CT molecular complexity index is 1160. The van der Waals surface area contributed by atoms with E-state index in [-0.39, 0.29) is 11.7 Å². The van der Waals surface area contributed by atoms with Gasteiger partial charge in [-0.05, 0) is 42.8 Å². The maximum absolute atomic E-state index is 12.4. The van der Waals surface area contributed by atoms with Crippen molar-refractivity contribution >= 4 is 33.9 Å². The van der Waals surface area contributed by atoms with E-state index in [1.807, 2.05) is 63.4 Å². The van der Waals surface area contributed by atoms with Crippen LogP contribution >= 0.6 is 0 Å². The topological polar surface area (TPSA) is 59.5 Å². The number of benzene rings is 2. The van der Waals surface area contributed by atoms with Gasteiger partial charge in [0.25, 0.3) is 0 Å². The summed E-state index contributed by atoms with van der Waals surface area (Å²) in [7, 11) is 2.00. The SMILES string of the molecule is Cc1cc(/C=N\NC(=O)c2cc3c(ccc4ccccc43)o2)c(C)n1C. The fourth-order valence-electron chi connectivity index (χ4n) is 3.14. The molecular formula is C21H19N3O2. The van der Waals surface area contributed by atoms with E-state index in [0.717, 1.165) is 33.1 Å². The molecule has 2 heterocycles. The zero-order valence-corrected chi connectivity index (χ0v) is 14.9. The third-order valence-electron chi connectivity index (χ3n) is 4.83. The van der Waals surface area contributed by atoms with Crippen LogP contribution < -0.4 is 5.43 Å². The van der Waals surface area contributed by atoms with Gasteiger partial charge in [-0.25, -0.2) is 5.43 Å². The Kier molecular flexibility index (Phi) is 3.84. The van der Waals surface area contributed by atoms with Crippen LogP contribution in [0.2, 0.25) is 0 Å². The van der Waals surface area contributed by atoms with Gasteiger partial charge in [0.15, 0.2) is 5.76 Å². The number of aryl methyl sites for hydroxylation is 1. The third-order valence-corrected chi connectivity index (χ3v) is 4.83. The van der Waals surface area contributed by atoms with Gasteiger partial charge in [0.1, 0.15) is 5.58 Å². The van der Waals surface area contributed by atoms with Crippen LogP contribution in [-0.2, 0) is 7.05 Å². The van der Waals surface area contributed by atoms with Crippen LogP contribution in [0, 0.1) is 13.8 Å². The van der Waals surface area contributed by atoms with Crippen LogP contribution in [0.4, 0.5) is 0 Å². The van der Waals surface area contributed by atoms with E-state index in [9.17, 15) is 4.79 Å². The van der Waals surface area contributed by atoms with Crippen molar-refractivity contribution in [3.8, 4) is 0 Å². The van der Waals surface area contributed by atoms with Crippen molar-refractivity contribution in [3.63, 3.8) is 0 Å². The van der Waals surface area contributed by atoms with Crippen molar-refractivity contribution in [2.45, 2.75) is 13.8 Å². The van der Waals surface area contributed by atoms with Crippen molar-refractivity contribution in [1.82, 2.24) is 9.99 Å². The monoisotopic (exact) mass is 345 g/mol. The molecule has 0 aliphatic carbocycles. The highest BCUT2D eigenvalue weighted by Gasteiger charge is 2.13. The molecule has 5 heteroatoms. The molecule has 0 radical (unpaired) electrons. The van der Waals surface area contributed by atoms with E-state index >= 15 is 0 Å². The summed E-state index contributed by atoms with van der Waals surface area (Å²) in [5.74, 6) is -0.124. The number of carbonyl (C=O) groups excluding carboxylic acids is 1. The molecule has 4 rings (SSSR count). The maximum Gasteiger partial charge on any atom is 0.307 e. The van der Waals surface area contributed by atoms with E-state index in [2.05, 4.69) is 15.1 Å². The fraction of sp³-hybridized carbons (Fsp3) is 0.143. The van der Waals surface area contributed by atoms with Gasteiger partial charge in [-0.1, -0.05) is 30.3 Å². The van der Waals surface area contributed by atoms with Crippen LogP contribution in [0.15, 0.2) is 58.0 Å². The molecule has 0 saturated carbocycles. The predicted octanol–water partition coefficient (Wildman–Crippen LogP) is 4.31. The van der Waals surface area contributed by atoms with Crippen molar-refractivity contribution < 1.29 is 9.21 Å². The van der Waals surface area contributed by atoms with Gasteiger partial charge in [0.05, 0.1) is 6.21 Å². The van der Waals surface area contributed by atoms with Gasteiger partial charge in [-0.15, -0.1) is 0 Å².